The molecule has 7 atom stereocenters. The number of aliphatic carboxylic acids is 1. The lowest BCUT2D eigenvalue weighted by Gasteiger charge is -2.30. The summed E-state index contributed by atoms with van der Waals surface area (Å²) in [5.74, 6) is -4.74. The molecule has 0 aromatic heterocycles. The van der Waals surface area contributed by atoms with Crippen LogP contribution in [0.1, 0.15) is 100 Å². The van der Waals surface area contributed by atoms with E-state index < -0.39 is 78.2 Å². The summed E-state index contributed by atoms with van der Waals surface area (Å²) in [4.78, 5) is 78.1. The highest BCUT2D eigenvalue weighted by atomic mass is 16.4. The van der Waals surface area contributed by atoms with Crippen molar-refractivity contribution in [1.82, 2.24) is 26.6 Å². The van der Waals surface area contributed by atoms with E-state index in [2.05, 4.69) is 26.6 Å². The predicted octanol–water partition coefficient (Wildman–Crippen LogP) is 2.94. The van der Waals surface area contributed by atoms with Crippen molar-refractivity contribution in [1.29, 1.82) is 0 Å². The second-order valence-electron chi connectivity index (χ2n) is 15.2. The van der Waals surface area contributed by atoms with Crippen LogP contribution in [0.5, 0.6) is 0 Å². The summed E-state index contributed by atoms with van der Waals surface area (Å²) in [5, 5.41) is 34.6. The van der Waals surface area contributed by atoms with E-state index in [1.807, 2.05) is 65.0 Å². The summed E-state index contributed by atoms with van der Waals surface area (Å²) in [6.07, 6.45) is -0.575. The molecule has 0 heterocycles. The Kier molecular flexibility index (Phi) is 19.5. The van der Waals surface area contributed by atoms with Gasteiger partial charge in [0.1, 0.15) is 24.2 Å². The number of aliphatic hydroxyl groups excluding tert-OH is 1. The highest BCUT2D eigenvalue weighted by Gasteiger charge is 2.34. The minimum Gasteiger partial charge on any atom is -0.480 e. The summed E-state index contributed by atoms with van der Waals surface area (Å²) in [6, 6.07) is 4.05. The first-order chi connectivity index (χ1) is 23.8. The lowest BCUT2D eigenvalue weighted by atomic mass is 9.95. The van der Waals surface area contributed by atoms with E-state index in [0.717, 1.165) is 5.56 Å². The molecule has 0 bridgehead atoms. The number of hydrogen-bond donors (Lipinski definition) is 7. The van der Waals surface area contributed by atoms with Crippen LogP contribution in [0.2, 0.25) is 0 Å². The Morgan fingerprint density at radius 3 is 1.65 bits per heavy atom. The first kappa shape index (κ1) is 45.0. The molecule has 0 aliphatic rings. The van der Waals surface area contributed by atoms with Crippen LogP contribution in [-0.4, -0.2) is 82.0 Å². The Hall–Kier alpha value is -4.00. The number of aliphatic hydroxyl groups is 1. The van der Waals surface area contributed by atoms with E-state index in [0.29, 0.717) is 12.8 Å². The van der Waals surface area contributed by atoms with Crippen molar-refractivity contribution >= 4 is 35.5 Å². The number of rotatable bonds is 22. The number of hydrogen-bond acceptors (Lipinski definition) is 7. The molecule has 0 saturated heterocycles. The van der Waals surface area contributed by atoms with Crippen LogP contribution >= 0.6 is 0 Å². The number of carbonyl (C=O) groups is 6. The number of nitrogens with one attached hydrogen (secondary N) is 5. The fourth-order valence-electron chi connectivity index (χ4n) is 5.56. The van der Waals surface area contributed by atoms with Crippen LogP contribution in [0.3, 0.4) is 0 Å². The fourth-order valence-corrected chi connectivity index (χ4v) is 5.56. The van der Waals surface area contributed by atoms with E-state index >= 15 is 0 Å². The van der Waals surface area contributed by atoms with E-state index in [1.165, 1.54) is 0 Å². The van der Waals surface area contributed by atoms with Crippen LogP contribution in [0.15, 0.2) is 30.3 Å². The Bertz CT molecular complexity index is 1290. The van der Waals surface area contributed by atoms with Crippen LogP contribution in [-0.2, 0) is 35.2 Å². The van der Waals surface area contributed by atoms with Crippen molar-refractivity contribution < 1.29 is 39.0 Å². The molecule has 0 aliphatic carbocycles. The van der Waals surface area contributed by atoms with E-state index in [1.54, 1.807) is 34.6 Å². The molecule has 0 spiro atoms. The molecule has 13 heteroatoms. The van der Waals surface area contributed by atoms with Gasteiger partial charge in [0.05, 0.1) is 18.6 Å². The third-order valence-corrected chi connectivity index (χ3v) is 8.73. The highest BCUT2D eigenvalue weighted by molar-refractivity contribution is 5.93. The zero-order valence-corrected chi connectivity index (χ0v) is 32.1. The normalized spacial score (nSPS) is 15.7. The number of carboxylic acid groups (broad SMARTS) is 1. The van der Waals surface area contributed by atoms with Crippen molar-refractivity contribution in [2.24, 2.45) is 29.6 Å². The van der Waals surface area contributed by atoms with Gasteiger partial charge >= 0.3 is 5.97 Å². The largest absolute Gasteiger partial charge is 0.480 e. The summed E-state index contributed by atoms with van der Waals surface area (Å²) in [6.45, 7) is 18.1. The third kappa shape index (κ3) is 16.3. The van der Waals surface area contributed by atoms with E-state index in [4.69, 9.17) is 0 Å². The fraction of sp³-hybridized carbons (Fsp3) is 0.684. The van der Waals surface area contributed by atoms with Crippen LogP contribution < -0.4 is 26.6 Å². The van der Waals surface area contributed by atoms with E-state index in [9.17, 15) is 39.0 Å². The molecule has 0 aliphatic heterocycles. The molecule has 0 radical (unpaired) electrons. The van der Waals surface area contributed by atoms with Gasteiger partial charge in [-0.3, -0.25) is 24.0 Å². The van der Waals surface area contributed by atoms with Crippen molar-refractivity contribution in [3.63, 3.8) is 0 Å². The van der Waals surface area contributed by atoms with Gasteiger partial charge in [0.2, 0.25) is 29.5 Å². The van der Waals surface area contributed by atoms with Crippen molar-refractivity contribution in [2.75, 3.05) is 0 Å². The third-order valence-electron chi connectivity index (χ3n) is 8.73. The molecular weight excluding hydrogens is 654 g/mol. The van der Waals surface area contributed by atoms with Gasteiger partial charge in [-0.2, -0.15) is 0 Å². The maximum absolute atomic E-state index is 13.8. The average Bonchev–Trinajstić information content (AvgIpc) is 3.02. The first-order valence-electron chi connectivity index (χ1n) is 18.2. The van der Waals surface area contributed by atoms with Gasteiger partial charge in [-0.25, -0.2) is 4.79 Å². The molecule has 0 saturated carbocycles. The quantitative estimate of drug-likeness (QED) is 0.0948. The maximum atomic E-state index is 13.8. The molecule has 51 heavy (non-hydrogen) atoms. The Morgan fingerprint density at radius 1 is 0.627 bits per heavy atom. The lowest BCUT2D eigenvalue weighted by molar-refractivity contribution is -0.143. The molecular formula is C38H63N5O8. The molecule has 1 aromatic carbocycles. The Balaban J connectivity index is 3.24. The molecule has 1 aromatic rings. The molecule has 1 rings (SSSR count). The smallest absolute Gasteiger partial charge is 0.326 e. The molecule has 7 N–H and O–H groups in total. The van der Waals surface area contributed by atoms with Crippen molar-refractivity contribution in [2.45, 2.75) is 138 Å². The minimum atomic E-state index is -1.40. The SMILES string of the molecule is CC[C@H](C)[C@H](NC(=O)C[C@H](O)[C@H](Cc1ccccc1)NC(=O)[C@@H](NC(=O)[C@H](CC(C)C)NC(=O)CC(C)C)C(C)C)C(=O)N[C@H](C(=O)O)C(C)C. The van der Waals surface area contributed by atoms with Gasteiger partial charge in [-0.1, -0.05) is 106 Å². The number of amides is 5. The predicted molar refractivity (Wildman–Crippen MR) is 196 cm³/mol. The Labute approximate surface area is 303 Å². The van der Waals surface area contributed by atoms with Gasteiger partial charge in [0, 0.05) is 6.42 Å². The summed E-state index contributed by atoms with van der Waals surface area (Å²) in [5.41, 5.74) is 0.780. The molecule has 288 valence electrons. The molecule has 5 amide bonds. The number of carboxylic acids is 1. The van der Waals surface area contributed by atoms with Crippen LogP contribution in [0, 0.1) is 29.6 Å². The maximum Gasteiger partial charge on any atom is 0.326 e. The van der Waals surface area contributed by atoms with Crippen molar-refractivity contribution in [3.05, 3.63) is 35.9 Å². The van der Waals surface area contributed by atoms with Gasteiger partial charge < -0.3 is 36.8 Å². The van der Waals surface area contributed by atoms with Gasteiger partial charge in [-0.15, -0.1) is 0 Å². The summed E-state index contributed by atoms with van der Waals surface area (Å²) in [7, 11) is 0. The van der Waals surface area contributed by atoms with Crippen molar-refractivity contribution in [3.8, 4) is 0 Å². The number of benzene rings is 1. The molecule has 0 unspecified atom stereocenters. The standard InChI is InChI=1S/C38H63N5O8/c1-11-25(10)34(37(49)43-33(24(8)9)38(50)51)41-31(46)20-29(44)27(19-26-15-13-12-14-16-26)40-36(48)32(23(6)7)42-35(47)28(17-21(2)3)39-30(45)18-22(4)5/h12-16,21-25,27-29,32-34,44H,11,17-20H2,1-10H3,(H,39,45)(H,40,48)(H,41,46)(H,42,47)(H,43,49)(H,50,51)/t25-,27-,28-,29-,32-,33-,34-/m0/s1. The van der Waals surface area contributed by atoms with E-state index in [-0.39, 0.29) is 42.4 Å². The zero-order chi connectivity index (χ0) is 39.0. The van der Waals surface area contributed by atoms with Crippen LogP contribution in [0.25, 0.3) is 0 Å². The topological polar surface area (TPSA) is 203 Å². The molecule has 0 fully saturated rings. The Morgan fingerprint density at radius 2 is 1.16 bits per heavy atom. The summed E-state index contributed by atoms with van der Waals surface area (Å²) < 4.78 is 0. The second-order valence-corrected chi connectivity index (χ2v) is 15.2. The van der Waals surface area contributed by atoms with Crippen LogP contribution in [0.4, 0.5) is 0 Å². The monoisotopic (exact) mass is 717 g/mol. The van der Waals surface area contributed by atoms with Gasteiger partial charge in [0.25, 0.3) is 0 Å². The van der Waals surface area contributed by atoms with Gasteiger partial charge in [-0.05, 0) is 48.0 Å². The first-order valence-corrected chi connectivity index (χ1v) is 18.2. The summed E-state index contributed by atoms with van der Waals surface area (Å²) >= 11 is 0. The minimum absolute atomic E-state index is 0.0859. The zero-order valence-electron chi connectivity index (χ0n) is 32.1. The molecule has 13 nitrogen and oxygen atoms in total. The second kappa shape index (κ2) is 22.0. The van der Waals surface area contributed by atoms with Gasteiger partial charge in [0.15, 0.2) is 0 Å². The highest BCUT2D eigenvalue weighted by Crippen LogP contribution is 2.15. The average molecular weight is 718 g/mol. The number of carbonyl (C=O) groups excluding carboxylic acids is 5. The lowest BCUT2D eigenvalue weighted by Crippen LogP contribution is -2.59.